The average molecular weight is 247 g/mol. The molecule has 1 heterocycles. The molecule has 0 spiro atoms. The van der Waals surface area contributed by atoms with Crippen LogP contribution in [0.1, 0.15) is 32.0 Å². The Kier molecular flexibility index (Phi) is 5.76. The van der Waals surface area contributed by atoms with Crippen LogP contribution in [0.3, 0.4) is 0 Å². The van der Waals surface area contributed by atoms with Gasteiger partial charge in [-0.3, -0.25) is 16.0 Å². The zero-order chi connectivity index (χ0) is 12.0. The van der Waals surface area contributed by atoms with Crippen molar-refractivity contribution in [3.63, 3.8) is 0 Å². The number of hydrogen-bond donors (Lipinski definition) is 2. The second-order valence-corrected chi connectivity index (χ2v) is 3.81. The summed E-state index contributed by atoms with van der Waals surface area (Å²) in [6, 6.07) is -0.0264. The summed E-state index contributed by atoms with van der Waals surface area (Å²) in [6.45, 7) is 6.11. The fourth-order valence-corrected chi connectivity index (χ4v) is 1.89. The minimum absolute atomic E-state index is 0.0264. The van der Waals surface area contributed by atoms with Gasteiger partial charge in [-0.1, -0.05) is 11.6 Å². The van der Waals surface area contributed by atoms with Gasteiger partial charge in [-0.25, -0.2) is 0 Å². The Labute approximate surface area is 101 Å². The molecule has 0 aliphatic carbocycles. The molecule has 0 aliphatic rings. The molecule has 0 bridgehead atoms. The fraction of sp³-hybridized carbons (Fsp3) is 0.700. The Hall–Kier alpha value is -0.620. The SMILES string of the molecule is CCOCCC(NN)c1c(Cl)cnn1CC. The number of nitrogens with two attached hydrogens (primary N) is 1. The van der Waals surface area contributed by atoms with Gasteiger partial charge >= 0.3 is 0 Å². The van der Waals surface area contributed by atoms with E-state index < -0.39 is 0 Å². The number of aromatic nitrogens is 2. The highest BCUT2D eigenvalue weighted by Crippen LogP contribution is 2.24. The van der Waals surface area contributed by atoms with E-state index in [0.717, 1.165) is 18.7 Å². The molecule has 92 valence electrons. The van der Waals surface area contributed by atoms with E-state index >= 15 is 0 Å². The van der Waals surface area contributed by atoms with Gasteiger partial charge in [-0.15, -0.1) is 0 Å². The molecule has 1 aromatic heterocycles. The molecule has 0 saturated carbocycles. The molecular formula is C10H19ClN4O. The minimum atomic E-state index is -0.0264. The molecule has 3 N–H and O–H groups in total. The first-order valence-corrected chi connectivity index (χ1v) is 5.87. The van der Waals surface area contributed by atoms with Gasteiger partial charge in [0.15, 0.2) is 0 Å². The van der Waals surface area contributed by atoms with Crippen LogP contribution in [-0.2, 0) is 11.3 Å². The van der Waals surface area contributed by atoms with Crippen molar-refractivity contribution in [1.82, 2.24) is 15.2 Å². The first-order valence-electron chi connectivity index (χ1n) is 5.49. The molecule has 0 saturated heterocycles. The van der Waals surface area contributed by atoms with Crippen LogP contribution in [-0.4, -0.2) is 23.0 Å². The molecule has 0 aromatic carbocycles. The third kappa shape index (κ3) is 3.18. The van der Waals surface area contributed by atoms with Crippen LogP contribution in [0.15, 0.2) is 6.20 Å². The maximum absolute atomic E-state index is 6.09. The molecule has 1 unspecified atom stereocenters. The van der Waals surface area contributed by atoms with Gasteiger partial charge < -0.3 is 4.74 Å². The summed E-state index contributed by atoms with van der Waals surface area (Å²) >= 11 is 6.09. The summed E-state index contributed by atoms with van der Waals surface area (Å²) in [5.41, 5.74) is 3.68. The lowest BCUT2D eigenvalue weighted by Gasteiger charge is -2.17. The molecule has 1 rings (SSSR count). The van der Waals surface area contributed by atoms with Crippen LogP contribution in [0.25, 0.3) is 0 Å². The lowest BCUT2D eigenvalue weighted by molar-refractivity contribution is 0.135. The van der Waals surface area contributed by atoms with E-state index in [1.807, 2.05) is 18.5 Å². The van der Waals surface area contributed by atoms with Crippen LogP contribution in [0, 0.1) is 0 Å². The zero-order valence-corrected chi connectivity index (χ0v) is 10.5. The van der Waals surface area contributed by atoms with E-state index in [9.17, 15) is 0 Å². The normalized spacial score (nSPS) is 13.0. The Morgan fingerprint density at radius 2 is 2.38 bits per heavy atom. The zero-order valence-electron chi connectivity index (χ0n) is 9.74. The first-order chi connectivity index (χ1) is 7.74. The number of nitrogens with zero attached hydrogens (tertiary/aromatic N) is 2. The molecule has 16 heavy (non-hydrogen) atoms. The number of nitrogens with one attached hydrogen (secondary N) is 1. The molecule has 0 radical (unpaired) electrons. The van der Waals surface area contributed by atoms with Gasteiger partial charge in [0, 0.05) is 19.8 Å². The summed E-state index contributed by atoms with van der Waals surface area (Å²) in [5, 5.41) is 4.82. The predicted molar refractivity (Wildman–Crippen MR) is 64.1 cm³/mol. The summed E-state index contributed by atoms with van der Waals surface area (Å²) in [4.78, 5) is 0. The van der Waals surface area contributed by atoms with Crippen LogP contribution in [0.4, 0.5) is 0 Å². The van der Waals surface area contributed by atoms with Gasteiger partial charge in [0.25, 0.3) is 0 Å². The summed E-state index contributed by atoms with van der Waals surface area (Å²) in [7, 11) is 0. The van der Waals surface area contributed by atoms with Crippen molar-refractivity contribution >= 4 is 11.6 Å². The maximum Gasteiger partial charge on any atom is 0.0834 e. The first kappa shape index (κ1) is 13.4. The highest BCUT2D eigenvalue weighted by atomic mass is 35.5. The molecule has 1 atom stereocenters. The second-order valence-electron chi connectivity index (χ2n) is 3.40. The topological polar surface area (TPSA) is 65.1 Å². The predicted octanol–water partition coefficient (Wildman–Crippen LogP) is 1.49. The third-order valence-corrected chi connectivity index (χ3v) is 2.71. The van der Waals surface area contributed by atoms with Crippen LogP contribution in [0.2, 0.25) is 5.02 Å². The number of aryl methyl sites for hydroxylation is 1. The highest BCUT2D eigenvalue weighted by Gasteiger charge is 2.18. The molecule has 6 heteroatoms. The number of rotatable bonds is 7. The lowest BCUT2D eigenvalue weighted by Crippen LogP contribution is -2.31. The highest BCUT2D eigenvalue weighted by molar-refractivity contribution is 6.31. The quantitative estimate of drug-likeness (QED) is 0.435. The minimum Gasteiger partial charge on any atom is -0.382 e. The Balaban J connectivity index is 2.73. The summed E-state index contributed by atoms with van der Waals surface area (Å²) in [5.74, 6) is 5.53. The standard InChI is InChI=1S/C10H19ClN4O/c1-3-15-10(8(11)7-13-15)9(14-12)5-6-16-4-2/h7,9,14H,3-6,12H2,1-2H3. The molecule has 0 aliphatic heterocycles. The van der Waals surface area contributed by atoms with E-state index in [1.54, 1.807) is 6.20 Å². The molecule has 5 nitrogen and oxygen atoms in total. The van der Waals surface area contributed by atoms with E-state index in [2.05, 4.69) is 10.5 Å². The van der Waals surface area contributed by atoms with Crippen LogP contribution in [0.5, 0.6) is 0 Å². The van der Waals surface area contributed by atoms with Gasteiger partial charge in [0.2, 0.25) is 0 Å². The molecular weight excluding hydrogens is 228 g/mol. The third-order valence-electron chi connectivity index (χ3n) is 2.42. The van der Waals surface area contributed by atoms with Crippen molar-refractivity contribution < 1.29 is 4.74 Å². The summed E-state index contributed by atoms with van der Waals surface area (Å²) in [6.07, 6.45) is 2.42. The number of hydrogen-bond acceptors (Lipinski definition) is 4. The van der Waals surface area contributed by atoms with E-state index in [4.69, 9.17) is 22.2 Å². The van der Waals surface area contributed by atoms with Gasteiger partial charge in [0.05, 0.1) is 23.0 Å². The van der Waals surface area contributed by atoms with Gasteiger partial charge in [-0.2, -0.15) is 5.10 Å². The number of ether oxygens (including phenoxy) is 1. The fourth-order valence-electron chi connectivity index (χ4n) is 1.61. The van der Waals surface area contributed by atoms with Crippen molar-refractivity contribution in [3.8, 4) is 0 Å². The van der Waals surface area contributed by atoms with E-state index in [1.165, 1.54) is 0 Å². The molecule has 1 aromatic rings. The average Bonchev–Trinajstić information content (AvgIpc) is 2.66. The van der Waals surface area contributed by atoms with E-state index in [0.29, 0.717) is 18.2 Å². The van der Waals surface area contributed by atoms with Crippen molar-refractivity contribution in [2.45, 2.75) is 32.9 Å². The Morgan fingerprint density at radius 1 is 1.62 bits per heavy atom. The van der Waals surface area contributed by atoms with Crippen LogP contribution < -0.4 is 11.3 Å². The number of halogens is 1. The van der Waals surface area contributed by atoms with Crippen molar-refractivity contribution in [2.75, 3.05) is 13.2 Å². The lowest BCUT2D eigenvalue weighted by atomic mass is 10.1. The Bertz CT molecular complexity index is 316. The monoisotopic (exact) mass is 246 g/mol. The van der Waals surface area contributed by atoms with Gasteiger partial charge in [0.1, 0.15) is 0 Å². The smallest absolute Gasteiger partial charge is 0.0834 e. The second kappa shape index (κ2) is 6.85. The van der Waals surface area contributed by atoms with Crippen molar-refractivity contribution in [2.24, 2.45) is 5.84 Å². The van der Waals surface area contributed by atoms with Crippen molar-refractivity contribution in [3.05, 3.63) is 16.9 Å². The van der Waals surface area contributed by atoms with Crippen LogP contribution >= 0.6 is 11.6 Å². The number of hydrazine groups is 1. The summed E-state index contributed by atoms with van der Waals surface area (Å²) < 4.78 is 7.15. The Morgan fingerprint density at radius 3 is 2.94 bits per heavy atom. The van der Waals surface area contributed by atoms with Crippen molar-refractivity contribution in [1.29, 1.82) is 0 Å². The van der Waals surface area contributed by atoms with E-state index in [-0.39, 0.29) is 6.04 Å². The largest absolute Gasteiger partial charge is 0.382 e. The molecule has 0 fully saturated rings. The maximum atomic E-state index is 6.09. The molecule has 0 amide bonds. The van der Waals surface area contributed by atoms with Gasteiger partial charge in [-0.05, 0) is 20.3 Å².